The maximum Gasteiger partial charge on any atom is 0.226 e. The van der Waals surface area contributed by atoms with Crippen LogP contribution in [0.3, 0.4) is 0 Å². The zero-order chi connectivity index (χ0) is 19.4. The highest BCUT2D eigenvalue weighted by atomic mass is 32.2. The summed E-state index contributed by atoms with van der Waals surface area (Å²) >= 11 is 0. The summed E-state index contributed by atoms with van der Waals surface area (Å²) in [6.45, 7) is 4.48. The first kappa shape index (κ1) is 20.4. The zero-order valence-corrected chi connectivity index (χ0v) is 17.5. The maximum atomic E-state index is 13.3. The van der Waals surface area contributed by atoms with E-state index < -0.39 is 9.84 Å². The van der Waals surface area contributed by atoms with Gasteiger partial charge in [0, 0.05) is 12.0 Å². The molecule has 3 rings (SSSR count). The number of hydrogen-bond donors (Lipinski definition) is 0. The van der Waals surface area contributed by atoms with E-state index in [4.69, 9.17) is 4.42 Å². The van der Waals surface area contributed by atoms with Gasteiger partial charge < -0.3 is 9.32 Å². The third-order valence-electron chi connectivity index (χ3n) is 6.22. The van der Waals surface area contributed by atoms with Crippen molar-refractivity contribution in [2.75, 3.05) is 11.5 Å². The third kappa shape index (κ3) is 5.37. The average Bonchev–Trinajstić information content (AvgIpc) is 3.22. The fourth-order valence-electron chi connectivity index (χ4n) is 4.57. The van der Waals surface area contributed by atoms with Crippen LogP contribution in [0.25, 0.3) is 0 Å². The summed E-state index contributed by atoms with van der Waals surface area (Å²) in [4.78, 5) is 15.1. The Morgan fingerprint density at radius 2 is 1.93 bits per heavy atom. The fraction of sp³-hybridized carbons (Fsp3) is 0.762. The Morgan fingerprint density at radius 3 is 2.48 bits per heavy atom. The van der Waals surface area contributed by atoms with Crippen LogP contribution in [0.4, 0.5) is 0 Å². The van der Waals surface area contributed by atoms with Crippen molar-refractivity contribution in [2.24, 2.45) is 11.8 Å². The van der Waals surface area contributed by atoms with Gasteiger partial charge in [0.2, 0.25) is 5.91 Å². The number of hydrogen-bond acceptors (Lipinski definition) is 4. The Kier molecular flexibility index (Phi) is 6.66. The first-order valence-corrected chi connectivity index (χ1v) is 12.3. The minimum atomic E-state index is -3.04. The lowest BCUT2D eigenvalue weighted by molar-refractivity contribution is -0.139. The Labute approximate surface area is 163 Å². The van der Waals surface area contributed by atoms with Crippen LogP contribution < -0.4 is 0 Å². The van der Waals surface area contributed by atoms with Gasteiger partial charge in [-0.05, 0) is 57.1 Å². The summed E-state index contributed by atoms with van der Waals surface area (Å²) in [7, 11) is -3.04. The van der Waals surface area contributed by atoms with Crippen LogP contribution in [0.1, 0.15) is 69.8 Å². The molecule has 1 aromatic heterocycles. The highest BCUT2D eigenvalue weighted by Crippen LogP contribution is 2.34. The van der Waals surface area contributed by atoms with Gasteiger partial charge >= 0.3 is 0 Å². The van der Waals surface area contributed by atoms with E-state index in [1.807, 2.05) is 19.1 Å². The lowest BCUT2D eigenvalue weighted by Crippen LogP contribution is -2.44. The first-order valence-electron chi connectivity index (χ1n) is 10.4. The number of furan rings is 1. The van der Waals surface area contributed by atoms with Crippen molar-refractivity contribution >= 4 is 15.7 Å². The van der Waals surface area contributed by atoms with E-state index in [2.05, 4.69) is 6.92 Å². The molecule has 1 saturated heterocycles. The standard InChI is InChI=1S/C21H33NO4S/c1-3-4-5-17-7-9-18(10-8-17)21(23)22(14-20-11-6-16(2)26-20)19-12-13-27(24,25)15-19/h6,11,17-19H,3-5,7-10,12-15H2,1-2H3. The maximum absolute atomic E-state index is 13.3. The zero-order valence-electron chi connectivity index (χ0n) is 16.7. The smallest absolute Gasteiger partial charge is 0.226 e. The molecule has 6 heteroatoms. The van der Waals surface area contributed by atoms with Crippen molar-refractivity contribution in [2.45, 2.75) is 77.8 Å². The first-order chi connectivity index (χ1) is 12.9. The SMILES string of the molecule is CCCCC1CCC(C(=O)N(Cc2ccc(C)o2)C2CCS(=O)(=O)C2)CC1. The van der Waals surface area contributed by atoms with E-state index in [0.717, 1.165) is 43.1 Å². The molecule has 0 bridgehead atoms. The second-order valence-electron chi connectivity index (χ2n) is 8.40. The molecule has 1 saturated carbocycles. The molecule has 1 unspecified atom stereocenters. The van der Waals surface area contributed by atoms with Crippen molar-refractivity contribution in [1.82, 2.24) is 4.90 Å². The molecule has 0 aromatic carbocycles. The Hall–Kier alpha value is -1.30. The Balaban J connectivity index is 1.67. The number of aryl methyl sites for hydroxylation is 1. The molecule has 1 aliphatic heterocycles. The second-order valence-corrected chi connectivity index (χ2v) is 10.6. The van der Waals surface area contributed by atoms with Crippen LogP contribution in [0.5, 0.6) is 0 Å². The third-order valence-corrected chi connectivity index (χ3v) is 7.97. The summed E-state index contributed by atoms with van der Waals surface area (Å²) in [6.07, 6.45) is 8.41. The van der Waals surface area contributed by atoms with Gasteiger partial charge in [0.15, 0.2) is 9.84 Å². The van der Waals surface area contributed by atoms with Gasteiger partial charge in [-0.1, -0.05) is 26.2 Å². The van der Waals surface area contributed by atoms with Gasteiger partial charge in [0.1, 0.15) is 11.5 Å². The highest BCUT2D eigenvalue weighted by Gasteiger charge is 2.38. The lowest BCUT2D eigenvalue weighted by atomic mass is 9.79. The number of carbonyl (C=O) groups is 1. The molecular formula is C21H33NO4S. The summed E-state index contributed by atoms with van der Waals surface area (Å²) < 4.78 is 29.6. The van der Waals surface area contributed by atoms with E-state index in [-0.39, 0.29) is 29.4 Å². The molecule has 1 aromatic rings. The molecule has 1 aliphatic carbocycles. The van der Waals surface area contributed by atoms with Gasteiger partial charge in [-0.3, -0.25) is 4.79 Å². The highest BCUT2D eigenvalue weighted by molar-refractivity contribution is 7.91. The molecule has 0 spiro atoms. The molecule has 0 N–H and O–H groups in total. The Morgan fingerprint density at radius 1 is 1.19 bits per heavy atom. The molecule has 1 atom stereocenters. The summed E-state index contributed by atoms with van der Waals surface area (Å²) in [5.41, 5.74) is 0. The molecule has 1 amide bonds. The fourth-order valence-corrected chi connectivity index (χ4v) is 6.30. The Bertz CT molecular complexity index is 731. The normalized spacial score (nSPS) is 27.6. The number of amides is 1. The average molecular weight is 396 g/mol. The predicted octanol–water partition coefficient (Wildman–Crippen LogP) is 4.10. The number of nitrogens with zero attached hydrogens (tertiary/aromatic N) is 1. The van der Waals surface area contributed by atoms with E-state index in [9.17, 15) is 13.2 Å². The van der Waals surface area contributed by atoms with Gasteiger partial charge in [0.05, 0.1) is 18.1 Å². The van der Waals surface area contributed by atoms with Gasteiger partial charge in [-0.25, -0.2) is 8.42 Å². The summed E-state index contributed by atoms with van der Waals surface area (Å²) in [6, 6.07) is 3.56. The minimum absolute atomic E-state index is 0.0299. The largest absolute Gasteiger partial charge is 0.464 e. The second kappa shape index (κ2) is 8.80. The van der Waals surface area contributed by atoms with Crippen molar-refractivity contribution in [1.29, 1.82) is 0 Å². The molecule has 2 heterocycles. The van der Waals surface area contributed by atoms with Gasteiger partial charge in [-0.2, -0.15) is 0 Å². The molecule has 0 radical (unpaired) electrons. The quantitative estimate of drug-likeness (QED) is 0.697. The number of carbonyl (C=O) groups excluding carboxylic acids is 1. The van der Waals surface area contributed by atoms with Crippen molar-refractivity contribution in [3.8, 4) is 0 Å². The van der Waals surface area contributed by atoms with Crippen LogP contribution in [0, 0.1) is 18.8 Å². The molecule has 27 heavy (non-hydrogen) atoms. The van der Waals surface area contributed by atoms with E-state index >= 15 is 0 Å². The van der Waals surface area contributed by atoms with Crippen LogP contribution in [-0.4, -0.2) is 36.8 Å². The van der Waals surface area contributed by atoms with Crippen LogP contribution >= 0.6 is 0 Å². The molecule has 152 valence electrons. The van der Waals surface area contributed by atoms with Crippen LogP contribution in [-0.2, 0) is 21.2 Å². The molecular weight excluding hydrogens is 362 g/mol. The van der Waals surface area contributed by atoms with Gasteiger partial charge in [0.25, 0.3) is 0 Å². The molecule has 2 aliphatic rings. The van der Waals surface area contributed by atoms with E-state index in [0.29, 0.717) is 13.0 Å². The molecule has 5 nitrogen and oxygen atoms in total. The van der Waals surface area contributed by atoms with Gasteiger partial charge in [-0.15, -0.1) is 0 Å². The predicted molar refractivity (Wildman–Crippen MR) is 106 cm³/mol. The number of sulfone groups is 1. The topological polar surface area (TPSA) is 67.6 Å². The lowest BCUT2D eigenvalue weighted by Gasteiger charge is -2.34. The van der Waals surface area contributed by atoms with Crippen molar-refractivity contribution < 1.29 is 17.6 Å². The van der Waals surface area contributed by atoms with Crippen LogP contribution in [0.15, 0.2) is 16.5 Å². The number of rotatable bonds is 7. The van der Waals surface area contributed by atoms with E-state index in [1.165, 1.54) is 19.3 Å². The number of unbranched alkanes of at least 4 members (excludes halogenated alkanes) is 1. The van der Waals surface area contributed by atoms with Crippen LogP contribution in [0.2, 0.25) is 0 Å². The summed E-state index contributed by atoms with van der Waals surface area (Å²) in [5, 5.41) is 0. The molecule has 2 fully saturated rings. The summed E-state index contributed by atoms with van der Waals surface area (Å²) in [5.74, 6) is 2.73. The monoisotopic (exact) mass is 395 g/mol. The van der Waals surface area contributed by atoms with E-state index in [1.54, 1.807) is 4.90 Å². The van der Waals surface area contributed by atoms with Crippen molar-refractivity contribution in [3.63, 3.8) is 0 Å². The van der Waals surface area contributed by atoms with Crippen molar-refractivity contribution in [3.05, 3.63) is 23.7 Å². The minimum Gasteiger partial charge on any atom is -0.464 e.